The molecule has 9 heteroatoms. The van der Waals surface area contributed by atoms with Crippen molar-refractivity contribution in [3.05, 3.63) is 77.9 Å². The minimum atomic E-state index is -0.0969. The number of oxazole rings is 1. The maximum Gasteiger partial charge on any atom is 0.298 e. The summed E-state index contributed by atoms with van der Waals surface area (Å²) in [5, 5.41) is 14.5. The van der Waals surface area contributed by atoms with Crippen LogP contribution in [0.1, 0.15) is 48.7 Å². The van der Waals surface area contributed by atoms with Gasteiger partial charge in [-0.2, -0.15) is 10.2 Å². The lowest BCUT2D eigenvalue weighted by atomic mass is 9.97. The van der Waals surface area contributed by atoms with Gasteiger partial charge in [0.2, 0.25) is 5.82 Å². The second-order valence-electron chi connectivity index (χ2n) is 9.47. The third-order valence-corrected chi connectivity index (χ3v) is 6.73. The first-order valence-corrected chi connectivity index (χ1v) is 12.8. The largest absolute Gasteiger partial charge is 0.423 e. The number of hydrogen-bond acceptors (Lipinski definition) is 7. The van der Waals surface area contributed by atoms with Crippen LogP contribution in [0, 0.1) is 0 Å². The van der Waals surface area contributed by atoms with E-state index < -0.39 is 0 Å². The SMILES string of the molecule is CCCCN(c1nc2c(C(=O)N(C)C)cccc2o1)[C@H](C)c1ccc(-c2ccccc2-c2nn[nH]n2)cc1. The molecule has 1 atom stereocenters. The van der Waals surface area contributed by atoms with E-state index in [1.54, 1.807) is 25.1 Å². The first-order valence-electron chi connectivity index (χ1n) is 12.8. The summed E-state index contributed by atoms with van der Waals surface area (Å²) in [5.74, 6) is 0.465. The molecule has 0 unspecified atom stereocenters. The van der Waals surface area contributed by atoms with E-state index in [9.17, 15) is 4.79 Å². The lowest BCUT2D eigenvalue weighted by molar-refractivity contribution is 0.0829. The fourth-order valence-electron chi connectivity index (χ4n) is 4.58. The zero-order chi connectivity index (χ0) is 26.6. The number of carbonyl (C=O) groups is 1. The van der Waals surface area contributed by atoms with Gasteiger partial charge >= 0.3 is 0 Å². The number of nitrogens with one attached hydrogen (secondary N) is 1. The van der Waals surface area contributed by atoms with E-state index in [-0.39, 0.29) is 11.9 Å². The van der Waals surface area contributed by atoms with Gasteiger partial charge in [-0.25, -0.2) is 0 Å². The van der Waals surface area contributed by atoms with Crippen LogP contribution in [0.3, 0.4) is 0 Å². The summed E-state index contributed by atoms with van der Waals surface area (Å²) in [7, 11) is 3.48. The topological polar surface area (TPSA) is 104 Å². The summed E-state index contributed by atoms with van der Waals surface area (Å²) in [4.78, 5) is 21.3. The Morgan fingerprint density at radius 2 is 1.76 bits per heavy atom. The molecule has 9 nitrogen and oxygen atoms in total. The molecule has 5 rings (SSSR count). The number of fused-ring (bicyclic) bond motifs is 1. The van der Waals surface area contributed by atoms with Crippen molar-refractivity contribution in [1.29, 1.82) is 0 Å². The number of benzene rings is 3. The van der Waals surface area contributed by atoms with Crippen molar-refractivity contribution in [2.24, 2.45) is 0 Å². The van der Waals surface area contributed by atoms with Crippen LogP contribution in [-0.4, -0.2) is 57.1 Å². The van der Waals surface area contributed by atoms with Crippen LogP contribution >= 0.6 is 0 Å². The van der Waals surface area contributed by atoms with E-state index in [0.717, 1.165) is 41.6 Å². The first-order chi connectivity index (χ1) is 18.5. The third-order valence-electron chi connectivity index (χ3n) is 6.73. The molecule has 1 amide bonds. The predicted octanol–water partition coefficient (Wildman–Crippen LogP) is 5.74. The second kappa shape index (κ2) is 10.8. The maximum atomic E-state index is 12.7. The number of amides is 1. The van der Waals surface area contributed by atoms with Crippen molar-refractivity contribution in [3.8, 4) is 22.5 Å². The summed E-state index contributed by atoms with van der Waals surface area (Å²) < 4.78 is 6.21. The summed E-state index contributed by atoms with van der Waals surface area (Å²) >= 11 is 0. The standard InChI is InChI=1S/C29H31N7O2/c1-5-6-18-36(29-30-26-24(28(37)35(3)4)12-9-13-25(26)38-29)19(2)20-14-16-21(17-15-20)22-10-7-8-11-23(22)27-31-33-34-32-27/h7-17,19H,5-6,18H2,1-4H3,(H,31,32,33,34)/t19-/m1/s1. The number of H-pyrrole nitrogens is 1. The van der Waals surface area contributed by atoms with Crippen molar-refractivity contribution in [1.82, 2.24) is 30.5 Å². The van der Waals surface area contributed by atoms with Gasteiger partial charge in [-0.05, 0) is 47.4 Å². The van der Waals surface area contributed by atoms with Crippen LogP contribution in [0.15, 0.2) is 71.1 Å². The van der Waals surface area contributed by atoms with Crippen molar-refractivity contribution in [3.63, 3.8) is 0 Å². The monoisotopic (exact) mass is 509 g/mol. The molecule has 0 radical (unpaired) electrons. The smallest absolute Gasteiger partial charge is 0.298 e. The van der Waals surface area contributed by atoms with Crippen LogP contribution < -0.4 is 4.90 Å². The molecule has 0 fully saturated rings. The number of hydrogen-bond donors (Lipinski definition) is 1. The van der Waals surface area contributed by atoms with Crippen LogP contribution in [0.5, 0.6) is 0 Å². The van der Waals surface area contributed by atoms with E-state index in [0.29, 0.717) is 28.5 Å². The van der Waals surface area contributed by atoms with Gasteiger partial charge in [-0.1, -0.05) is 67.9 Å². The van der Waals surface area contributed by atoms with Gasteiger partial charge in [0.1, 0.15) is 5.52 Å². The van der Waals surface area contributed by atoms with Gasteiger partial charge in [-0.15, -0.1) is 10.2 Å². The van der Waals surface area contributed by atoms with E-state index in [1.165, 1.54) is 0 Å². The highest BCUT2D eigenvalue weighted by Gasteiger charge is 2.24. The van der Waals surface area contributed by atoms with Crippen LogP contribution in [0.4, 0.5) is 6.01 Å². The average Bonchev–Trinajstić information content (AvgIpc) is 3.63. The third kappa shape index (κ3) is 4.87. The van der Waals surface area contributed by atoms with Gasteiger partial charge < -0.3 is 14.2 Å². The van der Waals surface area contributed by atoms with E-state index >= 15 is 0 Å². The maximum absolute atomic E-state index is 12.7. The molecule has 0 bridgehead atoms. The summed E-state index contributed by atoms with van der Waals surface area (Å²) in [6, 6.07) is 22.5. The highest BCUT2D eigenvalue weighted by atomic mass is 16.4. The van der Waals surface area contributed by atoms with E-state index in [4.69, 9.17) is 9.40 Å². The van der Waals surface area contributed by atoms with E-state index in [2.05, 4.69) is 69.7 Å². The van der Waals surface area contributed by atoms with Gasteiger partial charge in [0.05, 0.1) is 11.6 Å². The normalized spacial score (nSPS) is 12.0. The fraction of sp³-hybridized carbons (Fsp3) is 0.276. The minimum absolute atomic E-state index is 0.00381. The quantitative estimate of drug-likeness (QED) is 0.270. The Labute approximate surface area is 221 Å². The minimum Gasteiger partial charge on any atom is -0.423 e. The molecule has 0 saturated heterocycles. The Bertz CT molecular complexity index is 1520. The predicted molar refractivity (Wildman–Crippen MR) is 148 cm³/mol. The molecule has 2 aromatic heterocycles. The molecule has 5 aromatic rings. The van der Waals surface area contributed by atoms with Crippen molar-refractivity contribution >= 4 is 23.0 Å². The van der Waals surface area contributed by atoms with Crippen molar-refractivity contribution in [2.45, 2.75) is 32.7 Å². The zero-order valence-electron chi connectivity index (χ0n) is 22.0. The van der Waals surface area contributed by atoms with Crippen LogP contribution in [0.2, 0.25) is 0 Å². The second-order valence-corrected chi connectivity index (χ2v) is 9.47. The molecular formula is C29H31N7O2. The van der Waals surface area contributed by atoms with Crippen LogP contribution in [0.25, 0.3) is 33.6 Å². The molecule has 3 aromatic carbocycles. The number of para-hydroxylation sites is 1. The highest BCUT2D eigenvalue weighted by molar-refractivity contribution is 6.04. The fourth-order valence-corrected chi connectivity index (χ4v) is 4.58. The molecule has 0 aliphatic rings. The van der Waals surface area contributed by atoms with Gasteiger partial charge in [0.15, 0.2) is 5.58 Å². The molecule has 2 heterocycles. The van der Waals surface area contributed by atoms with Gasteiger partial charge in [0.25, 0.3) is 11.9 Å². The number of aromatic nitrogens is 5. The molecular weight excluding hydrogens is 478 g/mol. The molecule has 0 spiro atoms. The number of nitrogens with zero attached hydrogens (tertiary/aromatic N) is 6. The summed E-state index contributed by atoms with van der Waals surface area (Å²) in [6.45, 7) is 5.10. The number of tetrazole rings is 1. The lowest BCUT2D eigenvalue weighted by Gasteiger charge is -2.28. The number of carbonyl (C=O) groups excluding carboxylic acids is 1. The van der Waals surface area contributed by atoms with Gasteiger partial charge in [-0.3, -0.25) is 4.79 Å². The van der Waals surface area contributed by atoms with Crippen LogP contribution in [-0.2, 0) is 0 Å². The molecule has 1 N–H and O–H groups in total. The lowest BCUT2D eigenvalue weighted by Crippen LogP contribution is -2.28. The Balaban J connectivity index is 1.47. The Morgan fingerprint density at radius 1 is 1.00 bits per heavy atom. The zero-order valence-corrected chi connectivity index (χ0v) is 22.0. The van der Waals surface area contributed by atoms with E-state index in [1.807, 2.05) is 30.3 Å². The van der Waals surface area contributed by atoms with Crippen molar-refractivity contribution < 1.29 is 9.21 Å². The summed E-state index contributed by atoms with van der Waals surface area (Å²) in [6.07, 6.45) is 2.03. The highest BCUT2D eigenvalue weighted by Crippen LogP contribution is 2.34. The van der Waals surface area contributed by atoms with Gasteiger partial charge in [0, 0.05) is 26.2 Å². The molecule has 194 valence electrons. The molecule has 0 aliphatic heterocycles. The Morgan fingerprint density at radius 3 is 2.45 bits per heavy atom. The summed E-state index contributed by atoms with van der Waals surface area (Å²) in [5.41, 5.74) is 5.88. The molecule has 38 heavy (non-hydrogen) atoms. The number of aromatic amines is 1. The number of unbranched alkanes of at least 4 members (excludes halogenated alkanes) is 1. The first kappa shape index (κ1) is 25.1. The number of anilines is 1. The molecule has 0 aliphatic carbocycles. The molecule has 0 saturated carbocycles. The van der Waals surface area contributed by atoms with Crippen molar-refractivity contribution in [2.75, 3.05) is 25.5 Å². The Kier molecular flexibility index (Phi) is 7.17. The average molecular weight is 510 g/mol. The Hall–Kier alpha value is -4.53. The number of rotatable bonds is 9.